The second kappa shape index (κ2) is 10.1. The van der Waals surface area contributed by atoms with Gasteiger partial charge in [0.05, 0.1) is 16.8 Å². The Morgan fingerprint density at radius 2 is 2.17 bits per heavy atom. The summed E-state index contributed by atoms with van der Waals surface area (Å²) in [6, 6.07) is 5.59. The van der Waals surface area contributed by atoms with Crippen LogP contribution in [0.5, 0.6) is 5.75 Å². The van der Waals surface area contributed by atoms with E-state index in [1.54, 1.807) is 0 Å². The predicted molar refractivity (Wildman–Crippen MR) is 118 cm³/mol. The maximum atomic E-state index is 11.2. The monoisotopic (exact) mass is 415 g/mol. The summed E-state index contributed by atoms with van der Waals surface area (Å²) < 4.78 is 10.3. The summed E-state index contributed by atoms with van der Waals surface area (Å²) in [5.41, 5.74) is 3.92. The maximum Gasteiger partial charge on any atom is 0.439 e. The summed E-state index contributed by atoms with van der Waals surface area (Å²) in [4.78, 5) is 18.4. The first-order valence-electron chi connectivity index (χ1n) is 9.39. The zero-order valence-electron chi connectivity index (χ0n) is 17.4. The number of halogens is 1. The standard InChI is InChI=1S/C22H26ClN3O3/c1-7-16(11-17(8-2)21-25-22(27)29-26-21)14(5)24-15(6)18-9-10-20(19(23)12-18)28-13(3)4/h8-13H,5,7H2,1-4,6H3,(H,25,26,27)/b16-11+,17-8+,24-15?. The predicted octanol–water partition coefficient (Wildman–Crippen LogP) is 5.57. The van der Waals surface area contributed by atoms with Gasteiger partial charge in [0.1, 0.15) is 5.75 Å². The number of H-pyrrole nitrogens is 1. The molecular formula is C22H26ClN3O3. The molecule has 0 aliphatic rings. The van der Waals surface area contributed by atoms with E-state index in [9.17, 15) is 4.79 Å². The van der Waals surface area contributed by atoms with Crippen molar-refractivity contribution in [3.63, 3.8) is 0 Å². The molecule has 154 valence electrons. The third-order valence-electron chi connectivity index (χ3n) is 4.12. The van der Waals surface area contributed by atoms with Crippen LogP contribution in [0.15, 0.2) is 62.5 Å². The van der Waals surface area contributed by atoms with E-state index in [0.717, 1.165) is 22.4 Å². The Balaban J connectivity index is 2.28. The Morgan fingerprint density at radius 1 is 1.45 bits per heavy atom. The zero-order chi connectivity index (χ0) is 21.6. The molecule has 7 heteroatoms. The van der Waals surface area contributed by atoms with Crippen LogP contribution in [0.3, 0.4) is 0 Å². The summed E-state index contributed by atoms with van der Waals surface area (Å²) in [7, 11) is 0. The van der Waals surface area contributed by atoms with Crippen molar-refractivity contribution < 1.29 is 9.26 Å². The van der Waals surface area contributed by atoms with Gasteiger partial charge in [-0.3, -0.25) is 14.5 Å². The number of allylic oxidation sites excluding steroid dienone is 4. The van der Waals surface area contributed by atoms with Gasteiger partial charge in [0.2, 0.25) is 0 Å². The molecule has 1 heterocycles. The van der Waals surface area contributed by atoms with E-state index in [-0.39, 0.29) is 6.10 Å². The molecule has 0 spiro atoms. The summed E-state index contributed by atoms with van der Waals surface area (Å²) >= 11 is 6.34. The molecule has 6 nitrogen and oxygen atoms in total. The van der Waals surface area contributed by atoms with Gasteiger partial charge in [-0.1, -0.05) is 36.3 Å². The summed E-state index contributed by atoms with van der Waals surface area (Å²) in [5.74, 6) is 0.412. The average Bonchev–Trinajstić information content (AvgIpc) is 3.10. The van der Waals surface area contributed by atoms with Crippen molar-refractivity contribution in [1.29, 1.82) is 0 Å². The molecule has 2 rings (SSSR count). The van der Waals surface area contributed by atoms with Gasteiger partial charge >= 0.3 is 5.76 Å². The molecule has 0 unspecified atom stereocenters. The number of benzene rings is 1. The van der Waals surface area contributed by atoms with E-state index >= 15 is 0 Å². The molecule has 0 saturated carbocycles. The molecule has 0 fully saturated rings. The average molecular weight is 416 g/mol. The topological polar surface area (TPSA) is 80.5 Å². The van der Waals surface area contributed by atoms with E-state index in [1.165, 1.54) is 0 Å². The van der Waals surface area contributed by atoms with Crippen LogP contribution in [0.2, 0.25) is 5.02 Å². The third kappa shape index (κ3) is 6.06. The minimum atomic E-state index is -0.597. The van der Waals surface area contributed by atoms with Crippen LogP contribution in [0, 0.1) is 0 Å². The molecule has 1 aromatic heterocycles. The van der Waals surface area contributed by atoms with Crippen molar-refractivity contribution in [1.82, 2.24) is 10.1 Å². The number of hydrogen-bond donors (Lipinski definition) is 1. The van der Waals surface area contributed by atoms with Gasteiger partial charge in [0.15, 0.2) is 5.82 Å². The second-order valence-electron chi connectivity index (χ2n) is 6.67. The summed E-state index contributed by atoms with van der Waals surface area (Å²) in [5, 5.41) is 4.27. The smallest absolute Gasteiger partial charge is 0.439 e. The van der Waals surface area contributed by atoms with Crippen LogP contribution < -0.4 is 10.5 Å². The van der Waals surface area contributed by atoms with Crippen LogP contribution in [0.25, 0.3) is 5.57 Å². The fourth-order valence-corrected chi connectivity index (χ4v) is 2.86. The number of hydrogen-bond acceptors (Lipinski definition) is 5. The molecular weight excluding hydrogens is 390 g/mol. The summed E-state index contributed by atoms with van der Waals surface area (Å²) in [6.07, 6.45) is 4.47. The minimum Gasteiger partial charge on any atom is -0.489 e. The fourth-order valence-electron chi connectivity index (χ4n) is 2.63. The molecule has 0 atom stereocenters. The molecule has 0 aliphatic heterocycles. The highest BCUT2D eigenvalue weighted by atomic mass is 35.5. The van der Waals surface area contributed by atoms with Gasteiger partial charge in [-0.25, -0.2) is 4.79 Å². The minimum absolute atomic E-state index is 0.0469. The van der Waals surface area contributed by atoms with Crippen LogP contribution in [-0.4, -0.2) is 22.0 Å². The molecule has 0 bridgehead atoms. The highest BCUT2D eigenvalue weighted by molar-refractivity contribution is 6.32. The highest BCUT2D eigenvalue weighted by Crippen LogP contribution is 2.27. The van der Waals surface area contributed by atoms with Crippen LogP contribution in [0.4, 0.5) is 0 Å². The number of aromatic amines is 1. The number of nitrogens with zero attached hydrogens (tertiary/aromatic N) is 2. The number of aromatic nitrogens is 2. The molecule has 2 aromatic rings. The molecule has 0 amide bonds. The van der Waals surface area contributed by atoms with Crippen molar-refractivity contribution in [3.05, 3.63) is 75.2 Å². The summed E-state index contributed by atoms with van der Waals surface area (Å²) in [6.45, 7) is 13.8. The van der Waals surface area contributed by atoms with E-state index in [0.29, 0.717) is 28.7 Å². The van der Waals surface area contributed by atoms with Crippen molar-refractivity contribution in [2.45, 2.75) is 47.1 Å². The molecule has 0 aliphatic carbocycles. The Bertz CT molecular complexity index is 1030. The van der Waals surface area contributed by atoms with E-state index < -0.39 is 5.76 Å². The maximum absolute atomic E-state index is 11.2. The SMILES string of the molecule is C=C(N=C(C)c1ccc(OC(C)C)c(Cl)c1)/C(=C/C(=C\C)c1noc(=O)[nH]1)CC. The molecule has 29 heavy (non-hydrogen) atoms. The number of ether oxygens (including phenoxy) is 1. The first-order chi connectivity index (χ1) is 13.7. The van der Waals surface area contributed by atoms with Gasteiger partial charge in [0.25, 0.3) is 0 Å². The Morgan fingerprint density at radius 3 is 2.69 bits per heavy atom. The first kappa shape index (κ1) is 22.4. The van der Waals surface area contributed by atoms with Gasteiger partial charge in [-0.15, -0.1) is 0 Å². The lowest BCUT2D eigenvalue weighted by Crippen LogP contribution is -2.06. The first-order valence-corrected chi connectivity index (χ1v) is 9.77. The zero-order valence-corrected chi connectivity index (χ0v) is 18.1. The van der Waals surface area contributed by atoms with Crippen LogP contribution in [-0.2, 0) is 0 Å². The molecule has 1 N–H and O–H groups in total. The van der Waals surface area contributed by atoms with E-state index in [1.807, 2.05) is 65.0 Å². The second-order valence-corrected chi connectivity index (χ2v) is 7.07. The Hall–Kier alpha value is -2.86. The van der Waals surface area contributed by atoms with Crippen molar-refractivity contribution >= 4 is 22.9 Å². The van der Waals surface area contributed by atoms with E-state index in [2.05, 4.69) is 26.2 Å². The van der Waals surface area contributed by atoms with Crippen LogP contribution in [0.1, 0.15) is 52.4 Å². The van der Waals surface area contributed by atoms with Crippen LogP contribution >= 0.6 is 11.6 Å². The fraction of sp³-hybridized carbons (Fsp3) is 0.318. The quantitative estimate of drug-likeness (QED) is 0.451. The lowest BCUT2D eigenvalue weighted by molar-refractivity contribution is 0.242. The van der Waals surface area contributed by atoms with Crippen molar-refractivity contribution in [2.75, 3.05) is 0 Å². The molecule has 1 aromatic carbocycles. The van der Waals surface area contributed by atoms with Gasteiger partial charge in [-0.05, 0) is 69.5 Å². The van der Waals surface area contributed by atoms with Gasteiger partial charge in [0, 0.05) is 11.3 Å². The lowest BCUT2D eigenvalue weighted by atomic mass is 10.1. The van der Waals surface area contributed by atoms with Gasteiger partial charge in [-0.2, -0.15) is 0 Å². The number of rotatable bonds is 8. The Kier molecular flexibility index (Phi) is 7.79. The number of aliphatic imine (C=N–C) groups is 1. The van der Waals surface area contributed by atoms with Gasteiger partial charge < -0.3 is 4.74 Å². The van der Waals surface area contributed by atoms with E-state index in [4.69, 9.17) is 16.3 Å². The highest BCUT2D eigenvalue weighted by Gasteiger charge is 2.10. The molecule has 0 saturated heterocycles. The molecule has 0 radical (unpaired) electrons. The largest absolute Gasteiger partial charge is 0.489 e. The van der Waals surface area contributed by atoms with Crippen molar-refractivity contribution in [2.24, 2.45) is 4.99 Å². The normalized spacial score (nSPS) is 13.1. The third-order valence-corrected chi connectivity index (χ3v) is 4.42. The Labute approximate surface area is 175 Å². The van der Waals surface area contributed by atoms with Crippen molar-refractivity contribution in [3.8, 4) is 5.75 Å². The lowest BCUT2D eigenvalue weighted by Gasteiger charge is -2.12. The number of nitrogens with one attached hydrogen (secondary N) is 1.